The minimum absolute atomic E-state index is 0.742. The van der Waals surface area contributed by atoms with Crippen molar-refractivity contribution in [1.82, 2.24) is 10.2 Å². The number of hydrogen-bond donors (Lipinski definition) is 1. The lowest BCUT2D eigenvalue weighted by molar-refractivity contribution is 0.135. The Morgan fingerprint density at radius 1 is 1.22 bits per heavy atom. The van der Waals surface area contributed by atoms with Gasteiger partial charge in [-0.3, -0.25) is 0 Å². The molecule has 1 aliphatic rings. The maximum atomic E-state index is 3.65. The highest BCUT2D eigenvalue weighted by molar-refractivity contribution is 4.75. The first-order chi connectivity index (χ1) is 8.67. The van der Waals surface area contributed by atoms with Crippen molar-refractivity contribution in [2.75, 3.05) is 26.2 Å². The van der Waals surface area contributed by atoms with Gasteiger partial charge in [0.1, 0.15) is 0 Å². The van der Waals surface area contributed by atoms with Crippen LogP contribution in [0, 0.1) is 11.8 Å². The molecule has 3 unspecified atom stereocenters. The molecule has 0 aromatic carbocycles. The van der Waals surface area contributed by atoms with Crippen molar-refractivity contribution in [3.8, 4) is 0 Å². The lowest BCUT2D eigenvalue weighted by Crippen LogP contribution is -2.39. The lowest BCUT2D eigenvalue weighted by Gasteiger charge is -2.35. The Bertz CT molecular complexity index is 205. The average Bonchev–Trinajstić information content (AvgIpc) is 2.37. The summed E-state index contributed by atoms with van der Waals surface area (Å²) in [4.78, 5) is 2.68. The van der Waals surface area contributed by atoms with Crippen molar-refractivity contribution in [2.24, 2.45) is 11.8 Å². The standard InChI is InChI=1S/C16H34N2/c1-5-10-17-16(6-2)8-7-11-18-12-9-14(3)15(4)13-18/h14-17H,5-13H2,1-4H3. The van der Waals surface area contributed by atoms with E-state index in [2.05, 4.69) is 37.9 Å². The molecule has 0 aliphatic carbocycles. The molecule has 0 bridgehead atoms. The molecule has 0 aromatic rings. The smallest absolute Gasteiger partial charge is 0.00649 e. The average molecular weight is 254 g/mol. The van der Waals surface area contributed by atoms with Crippen LogP contribution in [-0.4, -0.2) is 37.1 Å². The first-order valence-electron chi connectivity index (χ1n) is 8.13. The Labute approximate surface area is 115 Å². The summed E-state index contributed by atoms with van der Waals surface area (Å²) >= 11 is 0. The van der Waals surface area contributed by atoms with Gasteiger partial charge >= 0.3 is 0 Å². The summed E-state index contributed by atoms with van der Waals surface area (Å²) in [6.45, 7) is 14.5. The zero-order chi connectivity index (χ0) is 13.4. The van der Waals surface area contributed by atoms with Crippen LogP contribution in [0.4, 0.5) is 0 Å². The van der Waals surface area contributed by atoms with E-state index in [1.807, 2.05) is 0 Å². The fraction of sp³-hybridized carbons (Fsp3) is 1.00. The first kappa shape index (κ1) is 16.0. The summed E-state index contributed by atoms with van der Waals surface area (Å²) < 4.78 is 0. The Kier molecular flexibility index (Phi) is 7.92. The minimum atomic E-state index is 0.742. The Morgan fingerprint density at radius 3 is 2.61 bits per heavy atom. The quantitative estimate of drug-likeness (QED) is 0.713. The van der Waals surface area contributed by atoms with Gasteiger partial charge in [-0.05, 0) is 63.6 Å². The van der Waals surface area contributed by atoms with Gasteiger partial charge in [-0.25, -0.2) is 0 Å². The van der Waals surface area contributed by atoms with Crippen LogP contribution in [0.25, 0.3) is 0 Å². The number of piperidine rings is 1. The molecule has 0 aromatic heterocycles. The van der Waals surface area contributed by atoms with Crippen LogP contribution in [0.5, 0.6) is 0 Å². The van der Waals surface area contributed by atoms with Crippen LogP contribution in [0.1, 0.15) is 59.8 Å². The van der Waals surface area contributed by atoms with E-state index in [4.69, 9.17) is 0 Å². The van der Waals surface area contributed by atoms with Gasteiger partial charge in [0.2, 0.25) is 0 Å². The van der Waals surface area contributed by atoms with Crippen molar-refractivity contribution in [3.05, 3.63) is 0 Å². The highest BCUT2D eigenvalue weighted by Gasteiger charge is 2.22. The number of nitrogens with one attached hydrogen (secondary N) is 1. The minimum Gasteiger partial charge on any atom is -0.314 e. The van der Waals surface area contributed by atoms with Gasteiger partial charge in [-0.15, -0.1) is 0 Å². The summed E-state index contributed by atoms with van der Waals surface area (Å²) in [5, 5.41) is 3.65. The van der Waals surface area contributed by atoms with Crippen LogP contribution in [0.2, 0.25) is 0 Å². The van der Waals surface area contributed by atoms with Crippen molar-refractivity contribution in [2.45, 2.75) is 65.8 Å². The third kappa shape index (κ3) is 5.71. The van der Waals surface area contributed by atoms with Crippen LogP contribution >= 0.6 is 0 Å². The van der Waals surface area contributed by atoms with Gasteiger partial charge in [0.25, 0.3) is 0 Å². The Balaban J connectivity index is 2.12. The van der Waals surface area contributed by atoms with Crippen molar-refractivity contribution >= 4 is 0 Å². The zero-order valence-electron chi connectivity index (χ0n) is 13.0. The molecule has 0 radical (unpaired) electrons. The molecule has 1 rings (SSSR count). The summed E-state index contributed by atoms with van der Waals surface area (Å²) in [5.74, 6) is 1.81. The number of rotatable bonds is 8. The third-order valence-electron chi connectivity index (χ3n) is 4.62. The summed E-state index contributed by atoms with van der Waals surface area (Å²) in [6, 6.07) is 0.742. The Hall–Kier alpha value is -0.0800. The van der Waals surface area contributed by atoms with E-state index in [0.717, 1.165) is 17.9 Å². The van der Waals surface area contributed by atoms with E-state index in [1.165, 1.54) is 58.3 Å². The van der Waals surface area contributed by atoms with Gasteiger partial charge in [0.15, 0.2) is 0 Å². The summed E-state index contributed by atoms with van der Waals surface area (Å²) in [5.41, 5.74) is 0. The predicted octanol–water partition coefficient (Wildman–Crippen LogP) is 3.52. The van der Waals surface area contributed by atoms with Gasteiger partial charge < -0.3 is 10.2 Å². The highest BCUT2D eigenvalue weighted by atomic mass is 15.1. The lowest BCUT2D eigenvalue weighted by atomic mass is 9.88. The largest absolute Gasteiger partial charge is 0.314 e. The molecular formula is C16H34N2. The first-order valence-corrected chi connectivity index (χ1v) is 8.13. The summed E-state index contributed by atoms with van der Waals surface area (Å²) in [7, 11) is 0. The molecule has 2 heteroatoms. The van der Waals surface area contributed by atoms with Crippen molar-refractivity contribution in [1.29, 1.82) is 0 Å². The van der Waals surface area contributed by atoms with Gasteiger partial charge in [-0.1, -0.05) is 27.7 Å². The molecular weight excluding hydrogens is 220 g/mol. The van der Waals surface area contributed by atoms with E-state index >= 15 is 0 Å². The molecule has 1 fully saturated rings. The maximum Gasteiger partial charge on any atom is 0.00649 e. The number of hydrogen-bond acceptors (Lipinski definition) is 2. The van der Waals surface area contributed by atoms with E-state index < -0.39 is 0 Å². The highest BCUT2D eigenvalue weighted by Crippen LogP contribution is 2.22. The molecule has 1 heterocycles. The third-order valence-corrected chi connectivity index (χ3v) is 4.62. The molecule has 1 N–H and O–H groups in total. The van der Waals surface area contributed by atoms with Crippen LogP contribution in [0.15, 0.2) is 0 Å². The molecule has 0 saturated carbocycles. The van der Waals surface area contributed by atoms with E-state index in [-0.39, 0.29) is 0 Å². The molecule has 2 nitrogen and oxygen atoms in total. The monoisotopic (exact) mass is 254 g/mol. The predicted molar refractivity (Wildman–Crippen MR) is 81.0 cm³/mol. The summed E-state index contributed by atoms with van der Waals surface area (Å²) in [6.07, 6.45) is 6.62. The molecule has 3 atom stereocenters. The normalized spacial score (nSPS) is 27.3. The maximum absolute atomic E-state index is 3.65. The molecule has 0 amide bonds. The fourth-order valence-corrected chi connectivity index (χ4v) is 2.91. The molecule has 108 valence electrons. The molecule has 1 saturated heterocycles. The van der Waals surface area contributed by atoms with Crippen LogP contribution in [0.3, 0.4) is 0 Å². The van der Waals surface area contributed by atoms with Gasteiger partial charge in [0.05, 0.1) is 0 Å². The van der Waals surface area contributed by atoms with Crippen LogP contribution < -0.4 is 5.32 Å². The van der Waals surface area contributed by atoms with Gasteiger partial charge in [0, 0.05) is 12.6 Å². The molecule has 1 aliphatic heterocycles. The second-order valence-corrected chi connectivity index (χ2v) is 6.25. The molecule has 18 heavy (non-hydrogen) atoms. The second-order valence-electron chi connectivity index (χ2n) is 6.25. The van der Waals surface area contributed by atoms with Crippen LogP contribution in [-0.2, 0) is 0 Å². The number of likely N-dealkylation sites (tertiary alicyclic amines) is 1. The topological polar surface area (TPSA) is 15.3 Å². The number of nitrogens with zero attached hydrogens (tertiary/aromatic N) is 1. The molecule has 0 spiro atoms. The SMILES string of the molecule is CCCNC(CC)CCCN1CCC(C)C(C)C1. The fourth-order valence-electron chi connectivity index (χ4n) is 2.91. The van der Waals surface area contributed by atoms with Crippen molar-refractivity contribution in [3.63, 3.8) is 0 Å². The van der Waals surface area contributed by atoms with E-state index in [9.17, 15) is 0 Å². The second kappa shape index (κ2) is 8.92. The Morgan fingerprint density at radius 2 is 2.00 bits per heavy atom. The van der Waals surface area contributed by atoms with E-state index in [1.54, 1.807) is 0 Å². The van der Waals surface area contributed by atoms with E-state index in [0.29, 0.717) is 0 Å². The zero-order valence-corrected chi connectivity index (χ0v) is 13.0. The van der Waals surface area contributed by atoms with Crippen molar-refractivity contribution < 1.29 is 0 Å². The van der Waals surface area contributed by atoms with Gasteiger partial charge in [-0.2, -0.15) is 0 Å².